The number of nitrogens with zero attached hydrogens (tertiary/aromatic N) is 2. The van der Waals surface area contributed by atoms with Crippen molar-refractivity contribution in [3.63, 3.8) is 0 Å². The van der Waals surface area contributed by atoms with Crippen LogP contribution in [0.2, 0.25) is 0 Å². The number of anilines is 3. The van der Waals surface area contributed by atoms with Gasteiger partial charge in [0.1, 0.15) is 11.6 Å². The van der Waals surface area contributed by atoms with Gasteiger partial charge in [0.25, 0.3) is 5.56 Å². The highest BCUT2D eigenvalue weighted by molar-refractivity contribution is 5.95. The summed E-state index contributed by atoms with van der Waals surface area (Å²) in [6.07, 6.45) is 5.45. The number of pyridine rings is 3. The zero-order chi connectivity index (χ0) is 22.9. The molecule has 1 aliphatic rings. The third kappa shape index (κ3) is 4.19. The minimum atomic E-state index is -0.184. The Morgan fingerprint density at radius 3 is 2.67 bits per heavy atom. The van der Waals surface area contributed by atoms with Crippen LogP contribution < -0.4 is 16.6 Å². The first-order valence-electron chi connectivity index (χ1n) is 11.2. The van der Waals surface area contributed by atoms with Crippen LogP contribution in [0.3, 0.4) is 0 Å². The molecule has 0 spiro atoms. The molecule has 1 aromatic carbocycles. The Bertz CT molecular complexity index is 1390. The lowest BCUT2D eigenvalue weighted by Crippen LogP contribution is -2.15. The van der Waals surface area contributed by atoms with Crippen LogP contribution in [-0.2, 0) is 4.74 Å². The summed E-state index contributed by atoms with van der Waals surface area (Å²) >= 11 is 0. The number of nitrogens with two attached hydrogens (primary N) is 1. The van der Waals surface area contributed by atoms with Crippen LogP contribution in [0.15, 0.2) is 53.6 Å². The Morgan fingerprint density at radius 2 is 1.91 bits per heavy atom. The number of rotatable bonds is 4. The molecule has 0 unspecified atom stereocenters. The van der Waals surface area contributed by atoms with E-state index >= 15 is 0 Å². The molecule has 5 rings (SSSR count). The van der Waals surface area contributed by atoms with Crippen molar-refractivity contribution in [3.8, 4) is 11.3 Å². The van der Waals surface area contributed by atoms with E-state index in [4.69, 9.17) is 15.5 Å². The Balaban J connectivity index is 1.56. The molecule has 1 fully saturated rings. The van der Waals surface area contributed by atoms with E-state index in [0.717, 1.165) is 53.9 Å². The fraction of sp³-hybridized carbons (Fsp3) is 0.269. The first-order valence-corrected chi connectivity index (χ1v) is 11.2. The van der Waals surface area contributed by atoms with Gasteiger partial charge in [0.05, 0.1) is 11.1 Å². The van der Waals surface area contributed by atoms with Crippen molar-refractivity contribution >= 4 is 28.1 Å². The highest BCUT2D eigenvalue weighted by Gasteiger charge is 2.18. The highest BCUT2D eigenvalue weighted by atomic mass is 16.5. The van der Waals surface area contributed by atoms with Gasteiger partial charge in [0.15, 0.2) is 0 Å². The molecule has 7 nitrogen and oxygen atoms in total. The predicted molar refractivity (Wildman–Crippen MR) is 132 cm³/mol. The topological polar surface area (TPSA) is 106 Å². The third-order valence-corrected chi connectivity index (χ3v) is 6.36. The number of H-pyrrole nitrogens is 1. The number of aryl methyl sites for hydroxylation is 2. The number of fused-ring (bicyclic) bond motifs is 1. The molecular weight excluding hydrogens is 414 g/mol. The lowest BCUT2D eigenvalue weighted by atomic mass is 9.88. The van der Waals surface area contributed by atoms with Gasteiger partial charge >= 0.3 is 0 Å². The Labute approximate surface area is 192 Å². The summed E-state index contributed by atoms with van der Waals surface area (Å²) in [6.45, 7) is 5.68. The van der Waals surface area contributed by atoms with Crippen molar-refractivity contribution in [1.29, 1.82) is 0 Å². The van der Waals surface area contributed by atoms with Gasteiger partial charge in [-0.3, -0.25) is 4.79 Å². The smallest absolute Gasteiger partial charge is 0.259 e. The fourth-order valence-electron chi connectivity index (χ4n) is 4.53. The second kappa shape index (κ2) is 8.67. The molecule has 0 amide bonds. The van der Waals surface area contributed by atoms with E-state index in [1.165, 1.54) is 11.1 Å². The predicted octanol–water partition coefficient (Wildman–Crippen LogP) is 4.82. The van der Waals surface area contributed by atoms with Gasteiger partial charge in [-0.05, 0) is 85.0 Å². The summed E-state index contributed by atoms with van der Waals surface area (Å²) in [5.74, 6) is 1.53. The zero-order valence-electron chi connectivity index (χ0n) is 18.8. The van der Waals surface area contributed by atoms with E-state index in [1.54, 1.807) is 12.4 Å². The molecule has 4 aromatic rings. The number of hydrogen-bond acceptors (Lipinski definition) is 6. The number of nitrogens with one attached hydrogen (secondary N) is 2. The van der Waals surface area contributed by atoms with E-state index in [1.807, 2.05) is 25.1 Å². The molecule has 4 N–H and O–H groups in total. The van der Waals surface area contributed by atoms with Gasteiger partial charge in [-0.25, -0.2) is 9.97 Å². The van der Waals surface area contributed by atoms with Crippen LogP contribution in [-0.4, -0.2) is 28.2 Å². The van der Waals surface area contributed by atoms with Crippen LogP contribution in [0.1, 0.15) is 35.4 Å². The summed E-state index contributed by atoms with van der Waals surface area (Å²) in [5.41, 5.74) is 11.6. The van der Waals surface area contributed by atoms with Crippen molar-refractivity contribution in [2.45, 2.75) is 32.6 Å². The SMILES string of the molecule is Cc1cc(Nc2nc(-c3cnc(N)c(C)c3)cc3cc[nH]c(=O)c23)ccc1C1CCOCC1. The minimum absolute atomic E-state index is 0.184. The van der Waals surface area contributed by atoms with Gasteiger partial charge in [-0.15, -0.1) is 0 Å². The number of hydrogen-bond donors (Lipinski definition) is 3. The summed E-state index contributed by atoms with van der Waals surface area (Å²) in [6, 6.07) is 12.1. The van der Waals surface area contributed by atoms with Gasteiger partial charge in [0.2, 0.25) is 0 Å². The first kappa shape index (κ1) is 21.2. The number of nitrogen functional groups attached to an aromatic ring is 1. The van der Waals surface area contributed by atoms with E-state index in [2.05, 4.69) is 40.4 Å². The third-order valence-electron chi connectivity index (χ3n) is 6.36. The highest BCUT2D eigenvalue weighted by Crippen LogP contribution is 2.33. The van der Waals surface area contributed by atoms with Crippen LogP contribution in [0.25, 0.3) is 22.0 Å². The van der Waals surface area contributed by atoms with Crippen LogP contribution >= 0.6 is 0 Å². The fourth-order valence-corrected chi connectivity index (χ4v) is 4.53. The molecule has 1 aliphatic heterocycles. The van der Waals surface area contributed by atoms with Crippen molar-refractivity contribution in [3.05, 3.63) is 75.8 Å². The molecule has 33 heavy (non-hydrogen) atoms. The second-order valence-electron chi connectivity index (χ2n) is 8.64. The molecule has 7 heteroatoms. The van der Waals surface area contributed by atoms with Gasteiger partial charge < -0.3 is 20.8 Å². The molecule has 168 valence electrons. The maximum absolute atomic E-state index is 12.7. The molecule has 0 atom stereocenters. The largest absolute Gasteiger partial charge is 0.383 e. The van der Waals surface area contributed by atoms with Gasteiger partial charge in [0, 0.05) is 36.9 Å². The normalized spacial score (nSPS) is 14.5. The molecular formula is C26H27N5O2. The molecule has 3 aromatic heterocycles. The van der Waals surface area contributed by atoms with Gasteiger partial charge in [-0.1, -0.05) is 6.07 Å². The zero-order valence-corrected chi connectivity index (χ0v) is 18.8. The summed E-state index contributed by atoms with van der Waals surface area (Å²) < 4.78 is 5.51. The number of aromatic nitrogens is 3. The summed E-state index contributed by atoms with van der Waals surface area (Å²) in [4.78, 5) is 24.5. The van der Waals surface area contributed by atoms with E-state index < -0.39 is 0 Å². The number of ether oxygens (including phenoxy) is 1. The average molecular weight is 442 g/mol. The van der Waals surface area contributed by atoms with Crippen LogP contribution in [0, 0.1) is 13.8 Å². The van der Waals surface area contributed by atoms with Gasteiger partial charge in [-0.2, -0.15) is 0 Å². The molecule has 1 saturated heterocycles. The van der Waals surface area contributed by atoms with Crippen LogP contribution in [0.4, 0.5) is 17.3 Å². The molecule has 0 radical (unpaired) electrons. The Kier molecular flexibility index (Phi) is 5.56. The molecule has 0 saturated carbocycles. The van der Waals surface area contributed by atoms with Crippen molar-refractivity contribution in [2.24, 2.45) is 0 Å². The van der Waals surface area contributed by atoms with Crippen LogP contribution in [0.5, 0.6) is 0 Å². The van der Waals surface area contributed by atoms with E-state index in [9.17, 15) is 4.79 Å². The van der Waals surface area contributed by atoms with E-state index in [-0.39, 0.29) is 5.56 Å². The molecule has 4 heterocycles. The Hall–Kier alpha value is -3.71. The average Bonchev–Trinajstić information content (AvgIpc) is 2.81. The maximum atomic E-state index is 12.7. The monoisotopic (exact) mass is 441 g/mol. The van der Waals surface area contributed by atoms with Crippen molar-refractivity contribution in [2.75, 3.05) is 24.3 Å². The standard InChI is InChI=1S/C26H27N5O2/c1-15-12-20(3-4-21(15)17-6-9-33-10-7-17)30-25-23-18(5-8-28-26(23)32)13-22(31-25)19-11-16(2)24(27)29-14-19/h3-5,8,11-14,17H,6-7,9-10H2,1-2H3,(H2,27,29)(H,28,32)(H,30,31). The van der Waals surface area contributed by atoms with Crippen molar-refractivity contribution < 1.29 is 4.74 Å². The number of benzene rings is 1. The molecule has 0 aliphatic carbocycles. The quantitative estimate of drug-likeness (QED) is 0.419. The minimum Gasteiger partial charge on any atom is -0.383 e. The lowest BCUT2D eigenvalue weighted by Gasteiger charge is -2.24. The maximum Gasteiger partial charge on any atom is 0.259 e. The summed E-state index contributed by atoms with van der Waals surface area (Å²) in [5, 5.41) is 4.72. The second-order valence-corrected chi connectivity index (χ2v) is 8.64. The van der Waals surface area contributed by atoms with E-state index in [0.29, 0.717) is 22.9 Å². The Morgan fingerprint density at radius 1 is 1.09 bits per heavy atom. The lowest BCUT2D eigenvalue weighted by molar-refractivity contribution is 0.0852. The number of aromatic amines is 1. The first-order chi connectivity index (χ1) is 16.0. The molecule has 0 bridgehead atoms. The summed E-state index contributed by atoms with van der Waals surface area (Å²) in [7, 11) is 0. The van der Waals surface area contributed by atoms with Crippen molar-refractivity contribution in [1.82, 2.24) is 15.0 Å².